The van der Waals surface area contributed by atoms with Crippen LogP contribution in [0.5, 0.6) is 11.5 Å². The van der Waals surface area contributed by atoms with Crippen LogP contribution < -0.4 is 22.7 Å². The molecule has 0 fully saturated rings. The van der Waals surface area contributed by atoms with Gasteiger partial charge in [0.2, 0.25) is 5.82 Å². The zero-order chi connectivity index (χ0) is 50.1. The Morgan fingerprint density at radius 3 is 1.54 bits per heavy atom. The second kappa shape index (κ2) is 19.9. The highest BCUT2D eigenvalue weighted by Crippen LogP contribution is 2.40. The third-order valence-corrected chi connectivity index (χ3v) is 13.4. The van der Waals surface area contributed by atoms with Crippen molar-refractivity contribution in [2.45, 2.75) is 141 Å². The standard InChI is InChI=1S/C54H74N8O4S2/c1-18-61(19-2)43-26-24-40(25-27-43)55-46-47(52(11,12)13)57-62-49(46)56-48(58-62)37-28-41(59-67(63)65-44-30-38(22-20-35(44)3)53(14,15)33-50(5,6)7)32-42(29-37)60-68(64)66-45-31-39(23-21-36(45)4)54(16,17)34-51(8,9)10/h20-32,59-60H,18-19,33-34H2,1-17H3. The van der Waals surface area contributed by atoms with Crippen molar-refractivity contribution >= 4 is 56.7 Å². The Labute approximate surface area is 411 Å². The number of aliphatic imine (C=N–C) groups is 1. The molecule has 2 N–H and O–H groups in total. The van der Waals surface area contributed by atoms with Crippen LogP contribution in [0.25, 0.3) is 11.4 Å². The number of aromatic nitrogens is 3. The lowest BCUT2D eigenvalue weighted by atomic mass is 9.72. The van der Waals surface area contributed by atoms with Gasteiger partial charge in [0.15, 0.2) is 5.82 Å². The summed E-state index contributed by atoms with van der Waals surface area (Å²) in [7, 11) is 0. The maximum Gasteiger partial charge on any atom is 0.316 e. The summed E-state index contributed by atoms with van der Waals surface area (Å²) in [5.74, 6) is 1.84. The molecule has 2 unspecified atom stereocenters. The van der Waals surface area contributed by atoms with E-state index in [0.29, 0.717) is 45.8 Å². The lowest BCUT2D eigenvalue weighted by molar-refractivity contribution is 0.283. The van der Waals surface area contributed by atoms with Gasteiger partial charge in [-0.15, -0.1) is 9.89 Å². The number of anilines is 3. The normalized spacial score (nSPS) is 14.9. The fourth-order valence-corrected chi connectivity index (χ4v) is 10.7. The number of nitrogens with one attached hydrogen (secondary N) is 2. The number of aryl methyl sites for hydroxylation is 2. The van der Waals surface area contributed by atoms with Crippen LogP contribution in [0.1, 0.15) is 145 Å². The van der Waals surface area contributed by atoms with Gasteiger partial charge in [0.25, 0.3) is 0 Å². The first-order chi connectivity index (χ1) is 31.5. The highest BCUT2D eigenvalue weighted by atomic mass is 32.2. The summed E-state index contributed by atoms with van der Waals surface area (Å²) < 4.78 is 46.2. The molecule has 5 aromatic rings. The summed E-state index contributed by atoms with van der Waals surface area (Å²) in [5.41, 5.74) is 8.05. The minimum atomic E-state index is -2.04. The smallest absolute Gasteiger partial charge is 0.316 e. The molecule has 14 heteroatoms. The molecular weight excluding hydrogens is 889 g/mol. The second-order valence-corrected chi connectivity index (χ2v) is 24.5. The summed E-state index contributed by atoms with van der Waals surface area (Å²) in [4.78, 5) is 13.9. The van der Waals surface area contributed by atoms with Gasteiger partial charge in [-0.3, -0.25) is 9.44 Å². The van der Waals surface area contributed by atoms with E-state index in [0.717, 1.165) is 65.3 Å². The quantitative estimate of drug-likeness (QED) is 0.0947. The van der Waals surface area contributed by atoms with Crippen molar-refractivity contribution < 1.29 is 16.8 Å². The minimum Gasteiger partial charge on any atom is -0.385 e. The van der Waals surface area contributed by atoms with Gasteiger partial charge in [-0.25, -0.2) is 9.98 Å². The molecule has 1 aromatic heterocycles. The van der Waals surface area contributed by atoms with Crippen molar-refractivity contribution in [1.82, 2.24) is 14.9 Å². The molecule has 0 amide bonds. The molecule has 68 heavy (non-hydrogen) atoms. The molecule has 0 bridgehead atoms. The van der Waals surface area contributed by atoms with Gasteiger partial charge in [0.05, 0.1) is 22.8 Å². The first kappa shape index (κ1) is 52.0. The molecule has 366 valence electrons. The van der Waals surface area contributed by atoms with Gasteiger partial charge < -0.3 is 13.3 Å². The predicted molar refractivity (Wildman–Crippen MR) is 285 cm³/mol. The van der Waals surface area contributed by atoms with Gasteiger partial charge in [0, 0.05) is 29.8 Å². The zero-order valence-electron chi connectivity index (χ0n) is 43.5. The molecule has 1 aliphatic heterocycles. The number of hydrogen-bond acceptors (Lipinski definition) is 9. The molecule has 0 saturated carbocycles. The largest absolute Gasteiger partial charge is 0.385 e. The van der Waals surface area contributed by atoms with Gasteiger partial charge in [0.1, 0.15) is 17.2 Å². The van der Waals surface area contributed by atoms with E-state index in [4.69, 9.17) is 28.5 Å². The highest BCUT2D eigenvalue weighted by molar-refractivity contribution is 7.82. The first-order valence-corrected chi connectivity index (χ1v) is 25.8. The summed E-state index contributed by atoms with van der Waals surface area (Å²) in [5, 5.41) is 9.76. The molecule has 0 radical (unpaired) electrons. The van der Waals surface area contributed by atoms with Gasteiger partial charge in [-0.2, -0.15) is 13.5 Å². The molecule has 6 rings (SSSR count). The SMILES string of the molecule is CCN(CC)c1ccc(N=C2C(C(C)(C)C)=Nn3nc(-c4cc(NS(=O)Oc5cc(C(C)(C)CC(C)(C)C)ccc5C)cc(NS(=O)Oc5cc(C(C)(C)CC(C)(C)C)ccc5C)c4)nc32)cc1. The van der Waals surface area contributed by atoms with Crippen LogP contribution in [0, 0.1) is 30.1 Å². The lowest BCUT2D eigenvalue weighted by Gasteiger charge is -2.33. The molecular formula is C54H74N8O4S2. The van der Waals surface area contributed by atoms with Crippen LogP contribution in [0.15, 0.2) is 89.0 Å². The van der Waals surface area contributed by atoms with Crippen LogP contribution in [-0.4, -0.2) is 47.8 Å². The molecule has 0 spiro atoms. The van der Waals surface area contributed by atoms with E-state index < -0.39 is 22.5 Å². The molecule has 12 nitrogen and oxygen atoms in total. The first-order valence-electron chi connectivity index (χ1n) is 23.7. The van der Waals surface area contributed by atoms with Crippen molar-refractivity contribution in [1.29, 1.82) is 0 Å². The molecule has 2 atom stereocenters. The van der Waals surface area contributed by atoms with Crippen LogP contribution >= 0.6 is 0 Å². The highest BCUT2D eigenvalue weighted by Gasteiger charge is 2.35. The summed E-state index contributed by atoms with van der Waals surface area (Å²) in [6.45, 7) is 38.5. The maximum absolute atomic E-state index is 13.9. The Morgan fingerprint density at radius 2 is 1.12 bits per heavy atom. The maximum atomic E-state index is 13.9. The topological polar surface area (TPSA) is 135 Å². The molecule has 2 heterocycles. The number of fused-ring (bicyclic) bond motifs is 1. The van der Waals surface area contributed by atoms with Crippen molar-refractivity contribution in [2.75, 3.05) is 27.4 Å². The van der Waals surface area contributed by atoms with Crippen molar-refractivity contribution in [3.8, 4) is 22.9 Å². The van der Waals surface area contributed by atoms with Gasteiger partial charge >= 0.3 is 22.5 Å². The van der Waals surface area contributed by atoms with E-state index in [2.05, 4.69) is 142 Å². The van der Waals surface area contributed by atoms with E-state index in [1.54, 1.807) is 18.2 Å². The molecule has 0 aliphatic carbocycles. The van der Waals surface area contributed by atoms with Crippen LogP contribution in [-0.2, 0) is 33.4 Å². The zero-order valence-corrected chi connectivity index (χ0v) is 45.1. The van der Waals surface area contributed by atoms with Crippen molar-refractivity contribution in [3.63, 3.8) is 0 Å². The Morgan fingerprint density at radius 1 is 0.647 bits per heavy atom. The molecule has 4 aromatic carbocycles. The number of nitrogens with zero attached hydrogens (tertiary/aromatic N) is 6. The van der Waals surface area contributed by atoms with Crippen LogP contribution in [0.4, 0.5) is 22.7 Å². The Hall–Kier alpha value is -5.34. The van der Waals surface area contributed by atoms with E-state index >= 15 is 0 Å². The third kappa shape index (κ3) is 13.0. The number of rotatable bonds is 17. The van der Waals surface area contributed by atoms with E-state index in [1.165, 1.54) is 4.79 Å². The summed E-state index contributed by atoms with van der Waals surface area (Å²) in [6, 6.07) is 25.6. The Balaban J connectivity index is 1.36. The lowest BCUT2D eigenvalue weighted by Crippen LogP contribution is -2.27. The number of hydrogen-bond donors (Lipinski definition) is 2. The van der Waals surface area contributed by atoms with E-state index in [-0.39, 0.29) is 27.1 Å². The minimum absolute atomic E-state index is 0.105. The second-order valence-electron chi connectivity index (χ2n) is 22.8. The van der Waals surface area contributed by atoms with Gasteiger partial charge in [-0.05, 0) is 139 Å². The van der Waals surface area contributed by atoms with Crippen molar-refractivity contribution in [2.24, 2.45) is 26.3 Å². The monoisotopic (exact) mass is 963 g/mol. The summed E-state index contributed by atoms with van der Waals surface area (Å²) >= 11 is -4.08. The molecule has 1 aliphatic rings. The van der Waals surface area contributed by atoms with Gasteiger partial charge in [-0.1, -0.05) is 114 Å². The van der Waals surface area contributed by atoms with Crippen LogP contribution in [0.3, 0.4) is 0 Å². The predicted octanol–water partition coefficient (Wildman–Crippen LogP) is 13.4. The average molecular weight is 963 g/mol. The Bertz CT molecular complexity index is 2620. The number of benzene rings is 4. The van der Waals surface area contributed by atoms with E-state index in [1.807, 2.05) is 50.2 Å². The fraction of sp³-hybridized carbons (Fsp3) is 0.481. The van der Waals surface area contributed by atoms with Crippen LogP contribution in [0.2, 0.25) is 0 Å². The fourth-order valence-electron chi connectivity index (χ4n) is 9.31. The average Bonchev–Trinajstić information content (AvgIpc) is 3.78. The van der Waals surface area contributed by atoms with Crippen molar-refractivity contribution in [3.05, 3.63) is 107 Å². The molecule has 0 saturated heterocycles. The van der Waals surface area contributed by atoms with E-state index in [9.17, 15) is 8.42 Å². The Kier molecular flexibility index (Phi) is 15.3. The summed E-state index contributed by atoms with van der Waals surface area (Å²) in [6.07, 6.45) is 1.90. The third-order valence-electron chi connectivity index (χ3n) is 12.0.